The van der Waals surface area contributed by atoms with Crippen molar-refractivity contribution in [1.82, 2.24) is 0 Å². The Morgan fingerprint density at radius 3 is 1.50 bits per heavy atom. The van der Waals surface area contributed by atoms with E-state index in [4.69, 9.17) is 9.47 Å². The van der Waals surface area contributed by atoms with E-state index < -0.39 is 0 Å². The van der Waals surface area contributed by atoms with Crippen molar-refractivity contribution in [2.75, 3.05) is 0 Å². The Bertz CT molecular complexity index is 941. The molecule has 0 saturated heterocycles. The average molecular weight is 376 g/mol. The molecule has 0 fully saturated rings. The van der Waals surface area contributed by atoms with Gasteiger partial charge in [-0.25, -0.2) is 0 Å². The predicted octanol–water partition coefficient (Wildman–Crippen LogP) is 6.74. The topological polar surface area (TPSA) is 43.2 Å². The molecule has 6 heteroatoms. The molecule has 0 atom stereocenters. The summed E-state index contributed by atoms with van der Waals surface area (Å²) in [5.74, 6) is 2.37. The van der Waals surface area contributed by atoms with E-state index in [-0.39, 0.29) is 0 Å². The van der Waals surface area contributed by atoms with Crippen LogP contribution in [0, 0.1) is 0 Å². The standard InChI is InChI=1S/C20H12N2O2S2/c25-13-21-15-5-3-7-17(11-15)23-19-9-1-2-10-20(19)24-18-8-4-6-16(12-18)22-14-26/h1-12H. The molecule has 0 spiro atoms. The SMILES string of the molecule is S=C=Nc1cccc(Oc2ccccc2Oc2cccc(N=C=S)c2)c1. The Balaban J connectivity index is 1.86. The minimum atomic E-state index is 0.569. The summed E-state index contributed by atoms with van der Waals surface area (Å²) in [5.41, 5.74) is 1.34. The highest BCUT2D eigenvalue weighted by Gasteiger charge is 2.08. The molecule has 0 aliphatic rings. The van der Waals surface area contributed by atoms with Crippen molar-refractivity contribution in [3.63, 3.8) is 0 Å². The molecule has 0 aromatic heterocycles. The largest absolute Gasteiger partial charge is 0.453 e. The Labute approximate surface area is 161 Å². The second-order valence-corrected chi connectivity index (χ2v) is 5.42. The first-order valence-electron chi connectivity index (χ1n) is 7.59. The molecule has 0 unspecified atom stereocenters. The second-order valence-electron chi connectivity index (χ2n) is 5.05. The van der Waals surface area contributed by atoms with Crippen LogP contribution in [0.15, 0.2) is 82.8 Å². The lowest BCUT2D eigenvalue weighted by Gasteiger charge is -2.12. The maximum atomic E-state index is 5.95. The van der Waals surface area contributed by atoms with Gasteiger partial charge in [0.1, 0.15) is 11.5 Å². The summed E-state index contributed by atoms with van der Waals surface area (Å²) in [6.07, 6.45) is 0. The lowest BCUT2D eigenvalue weighted by Crippen LogP contribution is -1.90. The average Bonchev–Trinajstić information content (AvgIpc) is 2.65. The number of benzene rings is 3. The van der Waals surface area contributed by atoms with E-state index in [1.807, 2.05) is 60.7 Å². The number of hydrogen-bond acceptors (Lipinski definition) is 6. The minimum Gasteiger partial charge on any atom is -0.453 e. The fourth-order valence-corrected chi connectivity index (χ4v) is 2.42. The zero-order chi connectivity index (χ0) is 18.2. The second kappa shape index (κ2) is 8.81. The van der Waals surface area contributed by atoms with Crippen LogP contribution in [-0.4, -0.2) is 10.3 Å². The van der Waals surface area contributed by atoms with Crippen LogP contribution in [0.4, 0.5) is 11.4 Å². The summed E-state index contributed by atoms with van der Waals surface area (Å²) in [6, 6.07) is 21.9. The molecule has 0 saturated carbocycles. The number of aliphatic imine (C=N–C) groups is 2. The van der Waals surface area contributed by atoms with Crippen molar-refractivity contribution in [3.05, 3.63) is 72.8 Å². The van der Waals surface area contributed by atoms with Gasteiger partial charge < -0.3 is 9.47 Å². The number of isothiocyanates is 2. The third-order valence-electron chi connectivity index (χ3n) is 3.29. The predicted molar refractivity (Wildman–Crippen MR) is 109 cm³/mol. The molecule has 0 amide bonds. The van der Waals surface area contributed by atoms with E-state index in [1.54, 1.807) is 12.1 Å². The van der Waals surface area contributed by atoms with Crippen LogP contribution >= 0.6 is 24.4 Å². The molecule has 3 rings (SSSR count). The number of ether oxygens (including phenoxy) is 2. The number of hydrogen-bond donors (Lipinski definition) is 0. The molecule has 0 radical (unpaired) electrons. The van der Waals surface area contributed by atoms with E-state index in [0.717, 1.165) is 0 Å². The van der Waals surface area contributed by atoms with Crippen LogP contribution in [0.2, 0.25) is 0 Å². The number of rotatable bonds is 6. The van der Waals surface area contributed by atoms with Gasteiger partial charge in [0.05, 0.1) is 21.7 Å². The molecule has 0 heterocycles. The lowest BCUT2D eigenvalue weighted by molar-refractivity contribution is 0.419. The van der Waals surface area contributed by atoms with Crippen molar-refractivity contribution < 1.29 is 9.47 Å². The first-order chi connectivity index (χ1) is 12.8. The molecule has 126 valence electrons. The van der Waals surface area contributed by atoms with Crippen LogP contribution in [0.1, 0.15) is 0 Å². The summed E-state index contributed by atoms with van der Waals surface area (Å²) >= 11 is 9.27. The summed E-state index contributed by atoms with van der Waals surface area (Å²) < 4.78 is 11.9. The highest BCUT2D eigenvalue weighted by Crippen LogP contribution is 2.36. The molecule has 0 N–H and O–H groups in total. The molecule has 26 heavy (non-hydrogen) atoms. The van der Waals surface area contributed by atoms with Crippen molar-refractivity contribution in [2.45, 2.75) is 0 Å². The third-order valence-corrected chi connectivity index (χ3v) is 3.47. The quantitative estimate of drug-likeness (QED) is 0.353. The fourth-order valence-electron chi connectivity index (χ4n) is 2.21. The summed E-state index contributed by atoms with van der Waals surface area (Å²) in [5, 5.41) is 4.68. The van der Waals surface area contributed by atoms with Crippen LogP contribution < -0.4 is 9.47 Å². The maximum absolute atomic E-state index is 5.95. The Morgan fingerprint density at radius 1 is 0.615 bits per heavy atom. The van der Waals surface area contributed by atoms with Crippen molar-refractivity contribution in [2.24, 2.45) is 9.98 Å². The van der Waals surface area contributed by atoms with Gasteiger partial charge >= 0.3 is 0 Å². The van der Waals surface area contributed by atoms with Gasteiger partial charge in [0.15, 0.2) is 11.5 Å². The highest BCUT2D eigenvalue weighted by molar-refractivity contribution is 7.78. The molecule has 4 nitrogen and oxygen atoms in total. The molecule has 0 aliphatic carbocycles. The number of nitrogens with zero attached hydrogens (tertiary/aromatic N) is 2. The maximum Gasteiger partial charge on any atom is 0.169 e. The van der Waals surface area contributed by atoms with Crippen molar-refractivity contribution in [3.8, 4) is 23.0 Å². The normalized spacial score (nSPS) is 9.54. The van der Waals surface area contributed by atoms with Gasteiger partial charge in [0.2, 0.25) is 0 Å². The van der Waals surface area contributed by atoms with Gasteiger partial charge in [-0.05, 0) is 60.8 Å². The van der Waals surface area contributed by atoms with Crippen LogP contribution in [0.25, 0.3) is 0 Å². The monoisotopic (exact) mass is 376 g/mol. The van der Waals surface area contributed by atoms with Crippen LogP contribution in [-0.2, 0) is 0 Å². The fraction of sp³-hybridized carbons (Fsp3) is 0. The minimum absolute atomic E-state index is 0.569. The van der Waals surface area contributed by atoms with Gasteiger partial charge in [0, 0.05) is 12.1 Å². The Kier molecular flexibility index (Phi) is 5.99. The molecular weight excluding hydrogens is 364 g/mol. The zero-order valence-corrected chi connectivity index (χ0v) is 15.1. The van der Waals surface area contributed by atoms with Crippen molar-refractivity contribution >= 4 is 46.1 Å². The summed E-state index contributed by atoms with van der Waals surface area (Å²) in [4.78, 5) is 7.91. The highest BCUT2D eigenvalue weighted by atomic mass is 32.1. The molecule has 0 bridgehead atoms. The van der Waals surface area contributed by atoms with E-state index >= 15 is 0 Å². The van der Waals surface area contributed by atoms with Gasteiger partial charge in [0.25, 0.3) is 0 Å². The van der Waals surface area contributed by atoms with E-state index in [1.165, 1.54) is 0 Å². The van der Waals surface area contributed by atoms with Gasteiger partial charge in [-0.2, -0.15) is 9.98 Å². The number of thiocarbonyl (C=S) groups is 2. The smallest absolute Gasteiger partial charge is 0.169 e. The van der Waals surface area contributed by atoms with Crippen LogP contribution in [0.5, 0.6) is 23.0 Å². The van der Waals surface area contributed by atoms with Gasteiger partial charge in [-0.3, -0.25) is 0 Å². The Morgan fingerprint density at radius 2 is 1.08 bits per heavy atom. The van der Waals surface area contributed by atoms with E-state index in [0.29, 0.717) is 34.4 Å². The molecule has 3 aromatic rings. The lowest BCUT2D eigenvalue weighted by atomic mass is 10.3. The van der Waals surface area contributed by atoms with Crippen molar-refractivity contribution in [1.29, 1.82) is 0 Å². The molecule has 3 aromatic carbocycles. The first-order valence-corrected chi connectivity index (χ1v) is 8.41. The molecular formula is C20H12N2O2S2. The first kappa shape index (κ1) is 17.7. The zero-order valence-electron chi connectivity index (χ0n) is 13.5. The molecule has 0 aliphatic heterocycles. The van der Waals surface area contributed by atoms with E-state index in [2.05, 4.69) is 44.7 Å². The van der Waals surface area contributed by atoms with Gasteiger partial charge in [-0.1, -0.05) is 24.3 Å². The van der Waals surface area contributed by atoms with Gasteiger partial charge in [-0.15, -0.1) is 0 Å². The summed E-state index contributed by atoms with van der Waals surface area (Å²) in [6.45, 7) is 0. The van der Waals surface area contributed by atoms with E-state index in [9.17, 15) is 0 Å². The van der Waals surface area contributed by atoms with Crippen LogP contribution in [0.3, 0.4) is 0 Å². The summed E-state index contributed by atoms with van der Waals surface area (Å²) in [7, 11) is 0. The Hall–Kier alpha value is -3.14. The number of para-hydroxylation sites is 2. The third kappa shape index (κ3) is 4.70.